The monoisotopic (exact) mass is 442 g/mol. The molecule has 3 aromatic heterocycles. The van der Waals surface area contributed by atoms with Crippen LogP contribution in [0.3, 0.4) is 0 Å². The average Bonchev–Trinajstić information content (AvgIpc) is 3.13. The molecule has 0 saturated heterocycles. The molecular formula is C23H24F2N4O3. The van der Waals surface area contributed by atoms with E-state index in [0.29, 0.717) is 35.7 Å². The number of halogens is 2. The first kappa shape index (κ1) is 21.9. The summed E-state index contributed by atoms with van der Waals surface area (Å²) in [4.78, 5) is 20.8. The van der Waals surface area contributed by atoms with Crippen LogP contribution in [0, 0.1) is 13.8 Å². The number of nitrogens with zero attached hydrogens (tertiary/aromatic N) is 3. The highest BCUT2D eigenvalue weighted by molar-refractivity contribution is 5.94. The lowest BCUT2D eigenvalue weighted by atomic mass is 9.92. The van der Waals surface area contributed by atoms with Gasteiger partial charge in [-0.2, -0.15) is 0 Å². The molecule has 0 spiro atoms. The van der Waals surface area contributed by atoms with Crippen LogP contribution in [0.15, 0.2) is 41.2 Å². The number of rotatable bonds is 6. The minimum atomic E-state index is -2.72. The molecule has 0 aliphatic heterocycles. The van der Waals surface area contributed by atoms with E-state index < -0.39 is 17.9 Å². The standard InChI is InChI=1S/C23H24F2N4O3/c1-14-5-6-16(11-26-14)21-19(15(2)32-29-21)13-31-20-8-7-17(12-27-20)22(30)28-18-4-3-9-23(24,25)10-18/h5-8,11-12,18H,3-4,9-10,13H2,1-2H3,(H,28,30). The van der Waals surface area contributed by atoms with Gasteiger partial charge in [-0.05, 0) is 44.9 Å². The van der Waals surface area contributed by atoms with Crippen molar-refractivity contribution in [3.63, 3.8) is 0 Å². The second kappa shape index (κ2) is 9.02. The van der Waals surface area contributed by atoms with Crippen molar-refractivity contribution in [2.24, 2.45) is 0 Å². The molecule has 1 N–H and O–H groups in total. The molecule has 1 saturated carbocycles. The Morgan fingerprint density at radius 2 is 2.06 bits per heavy atom. The summed E-state index contributed by atoms with van der Waals surface area (Å²) in [6.07, 6.45) is 3.59. The normalized spacial score (nSPS) is 17.7. The number of aromatic nitrogens is 3. The molecule has 4 rings (SSSR count). The second-order valence-electron chi connectivity index (χ2n) is 8.05. The lowest BCUT2D eigenvalue weighted by molar-refractivity contribution is -0.0429. The molecule has 0 bridgehead atoms. The van der Waals surface area contributed by atoms with E-state index in [1.807, 2.05) is 19.1 Å². The van der Waals surface area contributed by atoms with Crippen LogP contribution in [0.2, 0.25) is 0 Å². The van der Waals surface area contributed by atoms with E-state index in [0.717, 1.165) is 16.8 Å². The molecule has 1 atom stereocenters. The van der Waals surface area contributed by atoms with Crippen molar-refractivity contribution in [3.8, 4) is 17.1 Å². The van der Waals surface area contributed by atoms with Gasteiger partial charge in [-0.3, -0.25) is 9.78 Å². The third-order valence-electron chi connectivity index (χ3n) is 5.51. The quantitative estimate of drug-likeness (QED) is 0.598. The predicted molar refractivity (Wildman–Crippen MR) is 112 cm³/mol. The molecule has 1 unspecified atom stereocenters. The van der Waals surface area contributed by atoms with Gasteiger partial charge in [0.25, 0.3) is 5.91 Å². The number of pyridine rings is 2. The van der Waals surface area contributed by atoms with Gasteiger partial charge in [-0.1, -0.05) is 5.16 Å². The summed E-state index contributed by atoms with van der Waals surface area (Å²) < 4.78 is 38.2. The highest BCUT2D eigenvalue weighted by Crippen LogP contribution is 2.33. The molecule has 1 amide bonds. The van der Waals surface area contributed by atoms with Gasteiger partial charge in [0.15, 0.2) is 0 Å². The zero-order valence-corrected chi connectivity index (χ0v) is 17.9. The number of ether oxygens (including phenoxy) is 1. The average molecular weight is 442 g/mol. The first-order valence-electron chi connectivity index (χ1n) is 10.5. The van der Waals surface area contributed by atoms with Crippen LogP contribution in [-0.2, 0) is 6.61 Å². The fourth-order valence-corrected chi connectivity index (χ4v) is 3.71. The lowest BCUT2D eigenvalue weighted by Crippen LogP contribution is -2.42. The summed E-state index contributed by atoms with van der Waals surface area (Å²) >= 11 is 0. The Morgan fingerprint density at radius 1 is 1.22 bits per heavy atom. The second-order valence-corrected chi connectivity index (χ2v) is 8.05. The summed E-state index contributed by atoms with van der Waals surface area (Å²) in [5.41, 5.74) is 3.43. The summed E-state index contributed by atoms with van der Waals surface area (Å²) in [5, 5.41) is 6.78. The summed E-state index contributed by atoms with van der Waals surface area (Å²) in [6.45, 7) is 3.88. The minimum Gasteiger partial charge on any atom is -0.473 e. The Hall–Kier alpha value is -3.36. The number of aryl methyl sites for hydroxylation is 2. The first-order chi connectivity index (χ1) is 15.3. The van der Waals surface area contributed by atoms with Crippen LogP contribution < -0.4 is 10.1 Å². The largest absolute Gasteiger partial charge is 0.473 e. The number of carbonyl (C=O) groups is 1. The van der Waals surface area contributed by atoms with Gasteiger partial charge in [0.2, 0.25) is 11.8 Å². The van der Waals surface area contributed by atoms with Crippen molar-refractivity contribution in [3.05, 3.63) is 59.2 Å². The van der Waals surface area contributed by atoms with Crippen molar-refractivity contribution in [1.82, 2.24) is 20.4 Å². The zero-order valence-electron chi connectivity index (χ0n) is 17.9. The van der Waals surface area contributed by atoms with Gasteiger partial charge >= 0.3 is 0 Å². The van der Waals surface area contributed by atoms with Crippen LogP contribution in [-0.4, -0.2) is 33.0 Å². The molecule has 1 fully saturated rings. The van der Waals surface area contributed by atoms with Gasteiger partial charge in [-0.25, -0.2) is 13.8 Å². The Kier molecular flexibility index (Phi) is 6.16. The van der Waals surface area contributed by atoms with Crippen LogP contribution in [0.1, 0.15) is 53.1 Å². The number of carbonyl (C=O) groups excluding carboxylic acids is 1. The molecule has 168 valence electrons. The van der Waals surface area contributed by atoms with Gasteiger partial charge < -0.3 is 14.6 Å². The maximum absolute atomic E-state index is 13.5. The van der Waals surface area contributed by atoms with Crippen LogP contribution >= 0.6 is 0 Å². The molecular weight excluding hydrogens is 418 g/mol. The highest BCUT2D eigenvalue weighted by atomic mass is 19.3. The Labute approximate surface area is 184 Å². The topological polar surface area (TPSA) is 90.1 Å². The van der Waals surface area contributed by atoms with Gasteiger partial charge in [-0.15, -0.1) is 0 Å². The van der Waals surface area contributed by atoms with Crippen LogP contribution in [0.4, 0.5) is 8.78 Å². The molecule has 9 heteroatoms. The first-order valence-corrected chi connectivity index (χ1v) is 10.5. The SMILES string of the molecule is Cc1ccc(-c2noc(C)c2COc2ccc(C(=O)NC3CCCC(F)(F)C3)cn2)cn1. The number of alkyl halides is 2. The number of amides is 1. The van der Waals surface area contributed by atoms with E-state index in [2.05, 4.69) is 20.4 Å². The van der Waals surface area contributed by atoms with Crippen LogP contribution in [0.25, 0.3) is 11.3 Å². The number of hydrogen-bond donors (Lipinski definition) is 1. The summed E-state index contributed by atoms with van der Waals surface area (Å²) in [7, 11) is 0. The number of hydrogen-bond acceptors (Lipinski definition) is 6. The summed E-state index contributed by atoms with van der Waals surface area (Å²) in [5.74, 6) is -2.20. The van der Waals surface area contributed by atoms with Crippen molar-refractivity contribution >= 4 is 5.91 Å². The van der Waals surface area contributed by atoms with Crippen LogP contribution in [0.5, 0.6) is 5.88 Å². The molecule has 1 aliphatic carbocycles. The summed E-state index contributed by atoms with van der Waals surface area (Å²) in [6, 6.07) is 6.40. The third-order valence-corrected chi connectivity index (χ3v) is 5.51. The van der Waals surface area contributed by atoms with Gasteiger partial charge in [0.05, 0.1) is 11.1 Å². The Bertz CT molecular complexity index is 1080. The Balaban J connectivity index is 1.38. The van der Waals surface area contributed by atoms with Gasteiger partial charge in [0, 0.05) is 48.6 Å². The molecule has 7 nitrogen and oxygen atoms in total. The van der Waals surface area contributed by atoms with Gasteiger partial charge in [0.1, 0.15) is 18.1 Å². The lowest BCUT2D eigenvalue weighted by Gasteiger charge is -2.29. The molecule has 0 aromatic carbocycles. The van der Waals surface area contributed by atoms with E-state index in [-0.39, 0.29) is 19.4 Å². The van der Waals surface area contributed by atoms with E-state index in [4.69, 9.17) is 9.26 Å². The highest BCUT2D eigenvalue weighted by Gasteiger charge is 2.36. The van der Waals surface area contributed by atoms with E-state index >= 15 is 0 Å². The van der Waals surface area contributed by atoms with E-state index in [1.54, 1.807) is 25.3 Å². The predicted octanol–water partition coefficient (Wildman–Crippen LogP) is 4.64. The zero-order chi connectivity index (χ0) is 22.7. The van der Waals surface area contributed by atoms with E-state index in [9.17, 15) is 13.6 Å². The molecule has 1 aliphatic rings. The maximum atomic E-state index is 13.5. The fourth-order valence-electron chi connectivity index (χ4n) is 3.71. The third kappa shape index (κ3) is 5.09. The molecule has 3 aromatic rings. The fraction of sp³-hybridized carbons (Fsp3) is 0.391. The smallest absolute Gasteiger partial charge is 0.253 e. The Morgan fingerprint density at radius 3 is 2.75 bits per heavy atom. The van der Waals surface area contributed by atoms with E-state index in [1.165, 1.54) is 6.20 Å². The van der Waals surface area contributed by atoms with Crippen molar-refractivity contribution in [2.75, 3.05) is 0 Å². The van der Waals surface area contributed by atoms with Crippen molar-refractivity contribution < 1.29 is 22.8 Å². The molecule has 0 radical (unpaired) electrons. The maximum Gasteiger partial charge on any atom is 0.253 e. The van der Waals surface area contributed by atoms with Crippen molar-refractivity contribution in [1.29, 1.82) is 0 Å². The molecule has 32 heavy (non-hydrogen) atoms. The number of nitrogens with one attached hydrogen (secondary N) is 1. The van der Waals surface area contributed by atoms with Crippen molar-refractivity contribution in [2.45, 2.75) is 58.1 Å². The minimum absolute atomic E-state index is 0.124. The molecule has 3 heterocycles.